The Hall–Kier alpha value is -3.47. The summed E-state index contributed by atoms with van der Waals surface area (Å²) in [6.07, 6.45) is 1.21. The predicted molar refractivity (Wildman–Crippen MR) is 101 cm³/mol. The van der Waals surface area contributed by atoms with Crippen molar-refractivity contribution in [3.05, 3.63) is 41.2 Å². The standard InChI is InChI=1S/C21H19N3O5/c1-2-28-17(26)11-24-14-7-4-3-6-12(14)21(20(24)27)13(10-22)19(23)29-16-9-5-8-15(25)18(16)21/h3-4,6-7,13,23H,2,5,8-9,11H2,1H3. The Morgan fingerprint density at radius 2 is 2.14 bits per heavy atom. The molecule has 1 aromatic carbocycles. The maximum Gasteiger partial charge on any atom is 0.326 e. The van der Waals surface area contributed by atoms with Crippen molar-refractivity contribution in [3.63, 3.8) is 0 Å². The Morgan fingerprint density at radius 3 is 2.86 bits per heavy atom. The van der Waals surface area contributed by atoms with E-state index in [9.17, 15) is 19.6 Å². The van der Waals surface area contributed by atoms with E-state index in [-0.39, 0.29) is 42.6 Å². The van der Waals surface area contributed by atoms with E-state index >= 15 is 0 Å². The van der Waals surface area contributed by atoms with E-state index in [1.165, 1.54) is 4.90 Å². The minimum atomic E-state index is -1.68. The van der Waals surface area contributed by atoms with Gasteiger partial charge in [-0.2, -0.15) is 5.26 Å². The highest BCUT2D eigenvalue weighted by atomic mass is 16.5. The van der Waals surface area contributed by atoms with Crippen molar-refractivity contribution >= 4 is 29.2 Å². The molecule has 0 fully saturated rings. The molecule has 1 N–H and O–H groups in total. The maximum atomic E-state index is 13.8. The van der Waals surface area contributed by atoms with Gasteiger partial charge in [-0.3, -0.25) is 24.7 Å². The first-order valence-corrected chi connectivity index (χ1v) is 9.46. The zero-order valence-electron chi connectivity index (χ0n) is 15.9. The first-order valence-electron chi connectivity index (χ1n) is 9.46. The van der Waals surface area contributed by atoms with E-state index in [2.05, 4.69) is 0 Å². The van der Waals surface area contributed by atoms with Gasteiger partial charge >= 0.3 is 5.97 Å². The van der Waals surface area contributed by atoms with Crippen LogP contribution >= 0.6 is 0 Å². The van der Waals surface area contributed by atoms with Crippen LogP contribution in [0.1, 0.15) is 31.7 Å². The number of ketones is 1. The van der Waals surface area contributed by atoms with Crippen molar-refractivity contribution in [3.8, 4) is 6.07 Å². The number of anilines is 1. The Bertz CT molecular complexity index is 1020. The summed E-state index contributed by atoms with van der Waals surface area (Å²) in [6, 6.07) is 8.78. The SMILES string of the molecule is CCOC(=O)CN1C(=O)C2(C3=C(CCCC3=O)OC(=N)C2C#N)c2ccccc21. The van der Waals surface area contributed by atoms with Gasteiger partial charge in [0.2, 0.25) is 11.8 Å². The molecular formula is C21H19N3O5. The molecule has 8 heteroatoms. The van der Waals surface area contributed by atoms with Gasteiger partial charge in [0.1, 0.15) is 23.6 Å². The van der Waals surface area contributed by atoms with E-state index in [4.69, 9.17) is 14.9 Å². The topological polar surface area (TPSA) is 121 Å². The van der Waals surface area contributed by atoms with Gasteiger partial charge in [0.25, 0.3) is 0 Å². The molecule has 148 valence electrons. The molecule has 3 aliphatic rings. The number of nitriles is 1. The second kappa shape index (κ2) is 6.85. The van der Waals surface area contributed by atoms with Crippen LogP contribution in [-0.2, 0) is 29.3 Å². The van der Waals surface area contributed by atoms with E-state index in [1.54, 1.807) is 31.2 Å². The molecule has 0 saturated heterocycles. The fourth-order valence-electron chi connectivity index (χ4n) is 4.54. The minimum Gasteiger partial charge on any atom is -0.465 e. The number of para-hydroxylation sites is 1. The number of hydrogen-bond donors (Lipinski definition) is 1. The van der Waals surface area contributed by atoms with Crippen LogP contribution in [-0.4, -0.2) is 36.7 Å². The highest BCUT2D eigenvalue weighted by Gasteiger charge is 2.65. The monoisotopic (exact) mass is 393 g/mol. The number of ether oxygens (including phenoxy) is 2. The van der Waals surface area contributed by atoms with Crippen molar-refractivity contribution in [1.82, 2.24) is 0 Å². The molecule has 4 rings (SSSR count). The number of benzene rings is 1. The van der Waals surface area contributed by atoms with E-state index in [0.717, 1.165) is 0 Å². The second-order valence-electron chi connectivity index (χ2n) is 7.12. The second-order valence-corrected chi connectivity index (χ2v) is 7.12. The molecule has 1 amide bonds. The number of fused-ring (bicyclic) bond motifs is 3. The van der Waals surface area contributed by atoms with Crippen molar-refractivity contribution in [2.75, 3.05) is 18.1 Å². The quantitative estimate of drug-likeness (QED) is 0.784. The number of hydrogen-bond acceptors (Lipinski definition) is 7. The van der Waals surface area contributed by atoms with Gasteiger partial charge in [-0.05, 0) is 25.0 Å². The van der Waals surface area contributed by atoms with Crippen LogP contribution in [0.2, 0.25) is 0 Å². The third-order valence-electron chi connectivity index (χ3n) is 5.61. The normalized spacial score (nSPS) is 25.4. The van der Waals surface area contributed by atoms with Gasteiger partial charge < -0.3 is 9.47 Å². The number of Topliss-reactive ketones (excluding diaryl/α,β-unsaturated/α-hetero) is 1. The lowest BCUT2D eigenvalue weighted by Gasteiger charge is -2.40. The van der Waals surface area contributed by atoms with Crippen molar-refractivity contribution in [2.24, 2.45) is 5.92 Å². The number of nitrogens with one attached hydrogen (secondary N) is 1. The summed E-state index contributed by atoms with van der Waals surface area (Å²) in [7, 11) is 0. The highest BCUT2D eigenvalue weighted by Crippen LogP contribution is 2.55. The molecule has 29 heavy (non-hydrogen) atoms. The third kappa shape index (κ3) is 2.50. The number of amides is 1. The molecule has 2 heterocycles. The van der Waals surface area contributed by atoms with E-state index in [0.29, 0.717) is 24.1 Å². The zero-order chi connectivity index (χ0) is 20.8. The zero-order valence-corrected chi connectivity index (χ0v) is 15.9. The summed E-state index contributed by atoms with van der Waals surface area (Å²) >= 11 is 0. The van der Waals surface area contributed by atoms with Crippen LogP contribution in [0.25, 0.3) is 0 Å². The molecule has 0 saturated carbocycles. The number of esters is 1. The molecule has 8 nitrogen and oxygen atoms in total. The van der Waals surface area contributed by atoms with Crippen LogP contribution in [0.15, 0.2) is 35.6 Å². The van der Waals surface area contributed by atoms with Gasteiger partial charge in [-0.1, -0.05) is 18.2 Å². The van der Waals surface area contributed by atoms with Gasteiger partial charge in [-0.25, -0.2) is 0 Å². The van der Waals surface area contributed by atoms with Gasteiger partial charge in [0, 0.05) is 18.5 Å². The predicted octanol–water partition coefficient (Wildman–Crippen LogP) is 1.99. The fourth-order valence-corrected chi connectivity index (χ4v) is 4.54. The average molecular weight is 393 g/mol. The first-order chi connectivity index (χ1) is 14.0. The van der Waals surface area contributed by atoms with Crippen molar-refractivity contribution < 1.29 is 23.9 Å². The molecule has 0 radical (unpaired) electrons. The van der Waals surface area contributed by atoms with Crippen molar-refractivity contribution in [2.45, 2.75) is 31.6 Å². The molecule has 2 atom stereocenters. The van der Waals surface area contributed by atoms with E-state index < -0.39 is 23.2 Å². The summed E-state index contributed by atoms with van der Waals surface area (Å²) in [4.78, 5) is 40.2. The summed E-state index contributed by atoms with van der Waals surface area (Å²) in [5.74, 6) is -2.81. The summed E-state index contributed by atoms with van der Waals surface area (Å²) < 4.78 is 10.5. The van der Waals surface area contributed by atoms with Crippen LogP contribution < -0.4 is 4.90 Å². The molecule has 0 bridgehead atoms. The minimum absolute atomic E-state index is 0.148. The molecule has 1 aromatic rings. The molecule has 1 spiro atoms. The summed E-state index contributed by atoms with van der Waals surface area (Å²) in [6.45, 7) is 1.50. The lowest BCUT2D eigenvalue weighted by molar-refractivity contribution is -0.142. The number of nitrogens with zero attached hydrogens (tertiary/aromatic N) is 2. The van der Waals surface area contributed by atoms with E-state index in [1.807, 2.05) is 6.07 Å². The Balaban J connectivity index is 1.98. The largest absolute Gasteiger partial charge is 0.465 e. The Kier molecular flexibility index (Phi) is 4.46. The van der Waals surface area contributed by atoms with Gasteiger partial charge in [-0.15, -0.1) is 0 Å². The first kappa shape index (κ1) is 18.9. The lowest BCUT2D eigenvalue weighted by atomic mass is 9.62. The average Bonchev–Trinajstić information content (AvgIpc) is 2.92. The summed E-state index contributed by atoms with van der Waals surface area (Å²) in [5.41, 5.74) is -0.655. The fraction of sp³-hybridized carbons (Fsp3) is 0.381. The molecule has 2 aliphatic heterocycles. The third-order valence-corrected chi connectivity index (χ3v) is 5.61. The molecule has 0 aromatic heterocycles. The van der Waals surface area contributed by atoms with Crippen LogP contribution in [0.3, 0.4) is 0 Å². The number of rotatable bonds is 3. The van der Waals surface area contributed by atoms with Crippen LogP contribution in [0, 0.1) is 22.7 Å². The smallest absolute Gasteiger partial charge is 0.326 e. The van der Waals surface area contributed by atoms with Crippen molar-refractivity contribution in [1.29, 1.82) is 10.7 Å². The summed E-state index contributed by atoms with van der Waals surface area (Å²) in [5, 5.41) is 18.2. The lowest BCUT2D eigenvalue weighted by Crippen LogP contribution is -2.55. The highest BCUT2D eigenvalue weighted by molar-refractivity contribution is 6.21. The molecular weight excluding hydrogens is 374 g/mol. The van der Waals surface area contributed by atoms with Crippen LogP contribution in [0.5, 0.6) is 0 Å². The van der Waals surface area contributed by atoms with Gasteiger partial charge in [0.15, 0.2) is 5.78 Å². The van der Waals surface area contributed by atoms with Crippen LogP contribution in [0.4, 0.5) is 5.69 Å². The number of carbonyl (C=O) groups is 3. The number of carbonyl (C=O) groups excluding carboxylic acids is 3. The van der Waals surface area contributed by atoms with Gasteiger partial charge in [0.05, 0.1) is 18.2 Å². The maximum absolute atomic E-state index is 13.8. The number of allylic oxidation sites excluding steroid dienone is 1. The molecule has 2 unspecified atom stereocenters. The Labute approximate surface area is 167 Å². The Morgan fingerprint density at radius 1 is 1.38 bits per heavy atom. The molecule has 1 aliphatic carbocycles.